The fourth-order valence-electron chi connectivity index (χ4n) is 1.97. The maximum absolute atomic E-state index is 12.0. The first-order valence-electron chi connectivity index (χ1n) is 7.17. The van der Waals surface area contributed by atoms with Crippen LogP contribution in [0, 0.1) is 17.0 Å². The largest absolute Gasteiger partial charge is 0.388 e. The van der Waals surface area contributed by atoms with Gasteiger partial charge in [-0.05, 0) is 24.0 Å². The van der Waals surface area contributed by atoms with Crippen LogP contribution < -0.4 is 0 Å². The van der Waals surface area contributed by atoms with Crippen LogP contribution in [0.4, 0.5) is 5.82 Å². The molecule has 0 aliphatic heterocycles. The molecular weight excluding hydrogens is 354 g/mol. The van der Waals surface area contributed by atoms with Gasteiger partial charge in [0.1, 0.15) is 24.9 Å². The third-order valence-electron chi connectivity index (χ3n) is 3.41. The number of aliphatic hydroxyl groups excluding tert-OH is 2. The standard InChI is InChI=1S/C14H17N3O7S/c1-10-2-4-11(5-3-10)25(22,23)24-8-13(19)12(18)7-16-9-15-6-14(16)17(20)21/h2-6,9,12-13,18-19H,7-8H2,1H3. The van der Waals surface area contributed by atoms with Gasteiger partial charge in [0.15, 0.2) is 6.33 Å². The predicted octanol–water partition coefficient (Wildman–Crippen LogP) is 0.227. The molecule has 0 bridgehead atoms. The molecule has 11 heteroatoms. The summed E-state index contributed by atoms with van der Waals surface area (Å²) < 4.78 is 29.8. The fraction of sp³-hybridized carbons (Fsp3) is 0.357. The quantitative estimate of drug-likeness (QED) is 0.381. The lowest BCUT2D eigenvalue weighted by Gasteiger charge is -2.16. The molecule has 1 aromatic heterocycles. The van der Waals surface area contributed by atoms with Crippen molar-refractivity contribution in [1.82, 2.24) is 9.55 Å². The van der Waals surface area contributed by atoms with Crippen LogP contribution in [0.15, 0.2) is 41.7 Å². The molecule has 2 atom stereocenters. The number of benzene rings is 1. The monoisotopic (exact) mass is 371 g/mol. The van der Waals surface area contributed by atoms with E-state index in [0.29, 0.717) is 0 Å². The lowest BCUT2D eigenvalue weighted by molar-refractivity contribution is -0.392. The summed E-state index contributed by atoms with van der Waals surface area (Å²) in [5, 5.41) is 30.5. The highest BCUT2D eigenvalue weighted by Gasteiger charge is 2.25. The average Bonchev–Trinajstić information content (AvgIpc) is 3.01. The van der Waals surface area contributed by atoms with Crippen molar-refractivity contribution >= 4 is 15.9 Å². The van der Waals surface area contributed by atoms with E-state index >= 15 is 0 Å². The average molecular weight is 371 g/mol. The van der Waals surface area contributed by atoms with E-state index in [0.717, 1.165) is 22.7 Å². The molecule has 2 aromatic rings. The molecule has 0 radical (unpaired) electrons. The van der Waals surface area contributed by atoms with Gasteiger partial charge in [0, 0.05) is 0 Å². The van der Waals surface area contributed by atoms with Crippen molar-refractivity contribution in [3.05, 3.63) is 52.5 Å². The van der Waals surface area contributed by atoms with E-state index in [9.17, 15) is 28.7 Å². The molecule has 10 nitrogen and oxygen atoms in total. The summed E-state index contributed by atoms with van der Waals surface area (Å²) in [5.41, 5.74) is 0.872. The maximum atomic E-state index is 12.0. The van der Waals surface area contributed by atoms with Crippen LogP contribution in [0.1, 0.15) is 5.56 Å². The molecule has 0 spiro atoms. The smallest absolute Gasteiger partial charge is 0.342 e. The van der Waals surface area contributed by atoms with Gasteiger partial charge < -0.3 is 20.3 Å². The van der Waals surface area contributed by atoms with Gasteiger partial charge in [-0.25, -0.2) is 9.55 Å². The van der Waals surface area contributed by atoms with Crippen molar-refractivity contribution in [1.29, 1.82) is 0 Å². The minimum Gasteiger partial charge on any atom is -0.388 e. The second-order valence-electron chi connectivity index (χ2n) is 5.35. The Morgan fingerprint density at radius 2 is 1.92 bits per heavy atom. The van der Waals surface area contributed by atoms with Crippen LogP contribution >= 0.6 is 0 Å². The molecule has 0 saturated carbocycles. The van der Waals surface area contributed by atoms with Crippen molar-refractivity contribution in [2.45, 2.75) is 30.6 Å². The molecule has 1 heterocycles. The van der Waals surface area contributed by atoms with E-state index in [2.05, 4.69) is 4.98 Å². The minimum atomic E-state index is -4.09. The minimum absolute atomic E-state index is 0.0787. The van der Waals surface area contributed by atoms with Gasteiger partial charge in [-0.2, -0.15) is 8.42 Å². The van der Waals surface area contributed by atoms with E-state index in [-0.39, 0.29) is 17.3 Å². The number of imidazole rings is 1. The van der Waals surface area contributed by atoms with Crippen LogP contribution in [0.25, 0.3) is 0 Å². The van der Waals surface area contributed by atoms with Crippen molar-refractivity contribution in [3.8, 4) is 0 Å². The number of nitro groups is 1. The number of hydrogen-bond acceptors (Lipinski definition) is 8. The first kappa shape index (κ1) is 19.0. The number of aromatic nitrogens is 2. The van der Waals surface area contributed by atoms with Crippen molar-refractivity contribution in [2.24, 2.45) is 0 Å². The Kier molecular flexibility index (Phi) is 5.85. The molecule has 25 heavy (non-hydrogen) atoms. The molecule has 1 aromatic carbocycles. The third-order valence-corrected chi connectivity index (χ3v) is 4.70. The van der Waals surface area contributed by atoms with Gasteiger partial charge in [-0.1, -0.05) is 17.7 Å². The second-order valence-corrected chi connectivity index (χ2v) is 6.96. The Bertz CT molecular complexity index is 832. The molecule has 0 amide bonds. The Morgan fingerprint density at radius 1 is 1.28 bits per heavy atom. The van der Waals surface area contributed by atoms with E-state index in [1.54, 1.807) is 19.1 Å². The normalized spacial score (nSPS) is 14.2. The van der Waals surface area contributed by atoms with Gasteiger partial charge in [0.2, 0.25) is 0 Å². The number of rotatable bonds is 8. The van der Waals surface area contributed by atoms with Gasteiger partial charge in [-0.3, -0.25) is 4.18 Å². The van der Waals surface area contributed by atoms with Crippen LogP contribution in [-0.4, -0.2) is 51.9 Å². The maximum Gasteiger partial charge on any atom is 0.342 e. The highest BCUT2D eigenvalue weighted by Crippen LogP contribution is 2.15. The van der Waals surface area contributed by atoms with Gasteiger partial charge >= 0.3 is 5.82 Å². The van der Waals surface area contributed by atoms with Crippen LogP contribution in [0.5, 0.6) is 0 Å². The highest BCUT2D eigenvalue weighted by molar-refractivity contribution is 7.86. The first-order valence-corrected chi connectivity index (χ1v) is 8.58. The molecule has 0 aliphatic carbocycles. The summed E-state index contributed by atoms with van der Waals surface area (Å²) in [6, 6.07) is 5.92. The summed E-state index contributed by atoms with van der Waals surface area (Å²) in [6.07, 6.45) is -0.932. The fourth-order valence-corrected chi connectivity index (χ4v) is 2.90. The first-order chi connectivity index (χ1) is 11.7. The van der Waals surface area contributed by atoms with E-state index in [1.165, 1.54) is 12.1 Å². The predicted molar refractivity (Wildman–Crippen MR) is 85.2 cm³/mol. The van der Waals surface area contributed by atoms with Gasteiger partial charge in [0.05, 0.1) is 11.5 Å². The Balaban J connectivity index is 1.97. The van der Waals surface area contributed by atoms with E-state index < -0.39 is 33.9 Å². The van der Waals surface area contributed by atoms with Crippen LogP contribution in [0.3, 0.4) is 0 Å². The SMILES string of the molecule is Cc1ccc(S(=O)(=O)OCC(O)C(O)Cn2cncc2[N+](=O)[O-])cc1. The lowest BCUT2D eigenvalue weighted by Crippen LogP contribution is -2.35. The van der Waals surface area contributed by atoms with Gasteiger partial charge in [-0.15, -0.1) is 0 Å². The molecular formula is C14H17N3O7S. The Morgan fingerprint density at radius 3 is 2.52 bits per heavy atom. The van der Waals surface area contributed by atoms with Crippen LogP contribution in [0.2, 0.25) is 0 Å². The third kappa shape index (κ3) is 4.82. The van der Waals surface area contributed by atoms with E-state index in [1.807, 2.05) is 0 Å². The molecule has 0 saturated heterocycles. The summed E-state index contributed by atoms with van der Waals surface area (Å²) in [4.78, 5) is 13.6. The Hall–Kier alpha value is -2.34. The van der Waals surface area contributed by atoms with Crippen molar-refractivity contribution in [2.75, 3.05) is 6.61 Å². The van der Waals surface area contributed by atoms with E-state index in [4.69, 9.17) is 4.18 Å². The summed E-state index contributed by atoms with van der Waals surface area (Å²) >= 11 is 0. The number of nitrogens with zero attached hydrogens (tertiary/aromatic N) is 3. The zero-order valence-electron chi connectivity index (χ0n) is 13.2. The van der Waals surface area contributed by atoms with Crippen molar-refractivity contribution in [3.63, 3.8) is 0 Å². The molecule has 0 fully saturated rings. The lowest BCUT2D eigenvalue weighted by atomic mass is 10.2. The number of hydrogen-bond donors (Lipinski definition) is 2. The highest BCUT2D eigenvalue weighted by atomic mass is 32.2. The zero-order valence-corrected chi connectivity index (χ0v) is 14.0. The molecule has 2 unspecified atom stereocenters. The molecule has 136 valence electrons. The topological polar surface area (TPSA) is 145 Å². The second kappa shape index (κ2) is 7.70. The summed E-state index contributed by atoms with van der Waals surface area (Å²) in [6.45, 7) is 0.762. The number of aliphatic hydroxyl groups is 2. The van der Waals surface area contributed by atoms with Crippen molar-refractivity contribution < 1.29 is 27.7 Å². The molecule has 0 aliphatic rings. The summed E-state index contributed by atoms with van der Waals surface area (Å²) in [7, 11) is -4.09. The molecule has 2 rings (SSSR count). The van der Waals surface area contributed by atoms with Crippen LogP contribution in [-0.2, 0) is 20.8 Å². The Labute approximate surface area is 143 Å². The molecule has 2 N–H and O–H groups in total. The van der Waals surface area contributed by atoms with Gasteiger partial charge in [0.25, 0.3) is 10.1 Å². The number of aryl methyl sites for hydroxylation is 1. The summed E-state index contributed by atoms with van der Waals surface area (Å²) in [5.74, 6) is -0.362. The zero-order chi connectivity index (χ0) is 18.6.